The first-order valence-electron chi connectivity index (χ1n) is 6.58. The Morgan fingerprint density at radius 1 is 1.33 bits per heavy atom. The largest absolute Gasteiger partial charge is 0.370 e. The van der Waals surface area contributed by atoms with Crippen molar-refractivity contribution in [3.63, 3.8) is 0 Å². The van der Waals surface area contributed by atoms with E-state index in [2.05, 4.69) is 10.6 Å². The highest BCUT2D eigenvalue weighted by Gasteiger charge is 2.29. The van der Waals surface area contributed by atoms with Gasteiger partial charge in [0, 0.05) is 30.9 Å². The Labute approximate surface area is 129 Å². The molecule has 2 amide bonds. The molecule has 2 rings (SSSR count). The van der Waals surface area contributed by atoms with Crippen LogP contribution in [0.25, 0.3) is 0 Å². The van der Waals surface area contributed by atoms with Gasteiger partial charge >= 0.3 is 0 Å². The molecule has 1 aliphatic rings. The number of amides is 2. The maximum Gasteiger partial charge on any atom is 0.254 e. The number of nitrogens with one attached hydrogen (secondary N) is 2. The van der Waals surface area contributed by atoms with E-state index in [0.29, 0.717) is 11.4 Å². The molecule has 116 valence electrons. The summed E-state index contributed by atoms with van der Waals surface area (Å²) in [4.78, 5) is 23.5. The number of halogens is 1. The molecule has 0 heterocycles. The second-order valence-electron chi connectivity index (χ2n) is 4.79. The first kappa shape index (κ1) is 17.4. The van der Waals surface area contributed by atoms with E-state index in [1.807, 2.05) is 0 Å². The quantitative estimate of drug-likeness (QED) is 0.739. The lowest BCUT2D eigenvalue weighted by Gasteiger charge is -2.13. The molecular formula is C14H20ClN3O3. The Kier molecular flexibility index (Phi) is 6.61. The third-order valence-electron chi connectivity index (χ3n) is 3.14. The van der Waals surface area contributed by atoms with Gasteiger partial charge in [0.1, 0.15) is 6.10 Å². The van der Waals surface area contributed by atoms with Crippen LogP contribution in [0.15, 0.2) is 24.3 Å². The SMILES string of the molecule is COC(CN)C(=O)Nc1cccc(NC(=O)C2CC2)c1.Cl. The van der Waals surface area contributed by atoms with Gasteiger partial charge in [-0.1, -0.05) is 6.07 Å². The third kappa shape index (κ3) is 5.00. The number of hydrogen-bond donors (Lipinski definition) is 3. The lowest BCUT2D eigenvalue weighted by Crippen LogP contribution is -2.35. The van der Waals surface area contributed by atoms with Crippen molar-refractivity contribution < 1.29 is 14.3 Å². The summed E-state index contributed by atoms with van der Waals surface area (Å²) in [6.45, 7) is 0.112. The van der Waals surface area contributed by atoms with Gasteiger partial charge in [0.05, 0.1) is 0 Å². The number of nitrogens with two attached hydrogens (primary N) is 1. The Balaban J connectivity index is 0.00000220. The summed E-state index contributed by atoms with van der Waals surface area (Å²) in [5, 5.41) is 5.54. The van der Waals surface area contributed by atoms with Crippen LogP contribution in [0.5, 0.6) is 0 Å². The molecule has 21 heavy (non-hydrogen) atoms. The zero-order valence-electron chi connectivity index (χ0n) is 11.8. The molecule has 0 saturated heterocycles. The lowest BCUT2D eigenvalue weighted by atomic mass is 10.2. The van der Waals surface area contributed by atoms with Gasteiger partial charge in [-0.25, -0.2) is 0 Å². The average molecular weight is 314 g/mol. The summed E-state index contributed by atoms with van der Waals surface area (Å²) in [5.74, 6) is -0.130. The normalized spacial score (nSPS) is 14.8. The number of hydrogen-bond acceptors (Lipinski definition) is 4. The number of carbonyl (C=O) groups excluding carboxylic acids is 2. The predicted octanol–water partition coefficient (Wildman–Crippen LogP) is 1.37. The van der Waals surface area contributed by atoms with Crippen LogP contribution in [0.3, 0.4) is 0 Å². The van der Waals surface area contributed by atoms with E-state index >= 15 is 0 Å². The monoisotopic (exact) mass is 313 g/mol. The van der Waals surface area contributed by atoms with Crippen LogP contribution in [-0.2, 0) is 14.3 Å². The van der Waals surface area contributed by atoms with Crippen LogP contribution in [0.2, 0.25) is 0 Å². The highest BCUT2D eigenvalue weighted by Crippen LogP contribution is 2.30. The van der Waals surface area contributed by atoms with Crippen molar-refractivity contribution in [3.8, 4) is 0 Å². The van der Waals surface area contributed by atoms with Crippen LogP contribution in [0.1, 0.15) is 12.8 Å². The molecule has 0 spiro atoms. The standard InChI is InChI=1S/C14H19N3O3.ClH/c1-20-12(8-15)14(19)17-11-4-2-3-10(7-11)16-13(18)9-5-6-9;/h2-4,7,9,12H,5-6,8,15H2,1H3,(H,16,18)(H,17,19);1H. The first-order valence-corrected chi connectivity index (χ1v) is 6.58. The second-order valence-corrected chi connectivity index (χ2v) is 4.79. The Hall–Kier alpha value is -1.63. The summed E-state index contributed by atoms with van der Waals surface area (Å²) in [6, 6.07) is 7.00. The highest BCUT2D eigenvalue weighted by molar-refractivity contribution is 5.97. The predicted molar refractivity (Wildman–Crippen MR) is 83.5 cm³/mol. The number of rotatable bonds is 6. The smallest absolute Gasteiger partial charge is 0.254 e. The molecule has 7 heteroatoms. The van der Waals surface area contributed by atoms with E-state index in [4.69, 9.17) is 10.5 Å². The van der Waals surface area contributed by atoms with Crippen molar-refractivity contribution in [2.45, 2.75) is 18.9 Å². The summed E-state index contributed by atoms with van der Waals surface area (Å²) in [7, 11) is 1.43. The Morgan fingerprint density at radius 3 is 2.48 bits per heavy atom. The van der Waals surface area contributed by atoms with Gasteiger partial charge in [-0.3, -0.25) is 9.59 Å². The maximum atomic E-state index is 11.8. The molecule has 1 aromatic rings. The van der Waals surface area contributed by atoms with Crippen LogP contribution in [-0.4, -0.2) is 31.6 Å². The van der Waals surface area contributed by atoms with Gasteiger partial charge < -0.3 is 21.1 Å². The third-order valence-corrected chi connectivity index (χ3v) is 3.14. The van der Waals surface area contributed by atoms with Gasteiger partial charge in [0.2, 0.25) is 5.91 Å². The van der Waals surface area contributed by atoms with Gasteiger partial charge in [-0.15, -0.1) is 12.4 Å². The van der Waals surface area contributed by atoms with E-state index < -0.39 is 6.10 Å². The van der Waals surface area contributed by atoms with Gasteiger partial charge in [-0.05, 0) is 31.0 Å². The molecule has 1 unspecified atom stereocenters. The molecule has 0 bridgehead atoms. The van der Waals surface area contributed by atoms with Gasteiger partial charge in [0.15, 0.2) is 0 Å². The van der Waals surface area contributed by atoms with Gasteiger partial charge in [0.25, 0.3) is 5.91 Å². The molecule has 0 aliphatic heterocycles. The number of anilines is 2. The molecule has 1 atom stereocenters. The molecule has 6 nitrogen and oxygen atoms in total. The molecule has 1 aliphatic carbocycles. The molecule has 0 aromatic heterocycles. The topological polar surface area (TPSA) is 93.4 Å². The number of benzene rings is 1. The number of carbonyl (C=O) groups is 2. The van der Waals surface area contributed by atoms with Crippen molar-refractivity contribution in [1.82, 2.24) is 0 Å². The van der Waals surface area contributed by atoms with Crippen molar-refractivity contribution in [1.29, 1.82) is 0 Å². The second kappa shape index (κ2) is 7.97. The maximum absolute atomic E-state index is 11.8. The highest BCUT2D eigenvalue weighted by atomic mass is 35.5. The number of methoxy groups -OCH3 is 1. The zero-order chi connectivity index (χ0) is 14.5. The molecule has 0 radical (unpaired) electrons. The first-order chi connectivity index (χ1) is 9.63. The minimum atomic E-state index is -0.681. The minimum Gasteiger partial charge on any atom is -0.370 e. The summed E-state index contributed by atoms with van der Waals surface area (Å²) in [5.41, 5.74) is 6.70. The van der Waals surface area contributed by atoms with Crippen molar-refractivity contribution in [2.24, 2.45) is 11.7 Å². The van der Waals surface area contributed by atoms with E-state index in [9.17, 15) is 9.59 Å². The Bertz CT molecular complexity index is 502. The van der Waals surface area contributed by atoms with E-state index in [0.717, 1.165) is 12.8 Å². The summed E-state index contributed by atoms with van der Waals surface area (Å²) >= 11 is 0. The zero-order valence-corrected chi connectivity index (χ0v) is 12.6. The van der Waals surface area contributed by atoms with Crippen LogP contribution < -0.4 is 16.4 Å². The molecule has 4 N–H and O–H groups in total. The Morgan fingerprint density at radius 2 is 1.95 bits per heavy atom. The minimum absolute atomic E-state index is 0. The summed E-state index contributed by atoms with van der Waals surface area (Å²) in [6.07, 6.45) is 1.22. The van der Waals surface area contributed by atoms with Crippen molar-refractivity contribution in [3.05, 3.63) is 24.3 Å². The van der Waals surface area contributed by atoms with Crippen molar-refractivity contribution in [2.75, 3.05) is 24.3 Å². The average Bonchev–Trinajstić information content (AvgIpc) is 3.24. The van der Waals surface area contributed by atoms with E-state index in [1.54, 1.807) is 24.3 Å². The lowest BCUT2D eigenvalue weighted by molar-refractivity contribution is -0.125. The molecule has 1 saturated carbocycles. The fourth-order valence-corrected chi connectivity index (χ4v) is 1.80. The van der Waals surface area contributed by atoms with Crippen LogP contribution in [0.4, 0.5) is 11.4 Å². The fourth-order valence-electron chi connectivity index (χ4n) is 1.80. The molecule has 1 aromatic carbocycles. The van der Waals surface area contributed by atoms with E-state index in [1.165, 1.54) is 7.11 Å². The summed E-state index contributed by atoms with van der Waals surface area (Å²) < 4.78 is 4.96. The number of ether oxygens (including phenoxy) is 1. The van der Waals surface area contributed by atoms with E-state index in [-0.39, 0.29) is 36.7 Å². The molecule has 1 fully saturated rings. The van der Waals surface area contributed by atoms with Crippen molar-refractivity contribution >= 4 is 35.6 Å². The van der Waals surface area contributed by atoms with Crippen LogP contribution >= 0.6 is 12.4 Å². The molecular weight excluding hydrogens is 294 g/mol. The fraction of sp³-hybridized carbons (Fsp3) is 0.429. The van der Waals surface area contributed by atoms with Gasteiger partial charge in [-0.2, -0.15) is 0 Å². The van der Waals surface area contributed by atoms with Crippen LogP contribution in [0, 0.1) is 5.92 Å².